The molecule has 4 heteroatoms. The van der Waals surface area contributed by atoms with E-state index in [4.69, 9.17) is 16.7 Å². The minimum atomic E-state index is 0.794. The molecule has 0 saturated heterocycles. The van der Waals surface area contributed by atoms with Crippen molar-refractivity contribution in [3.8, 4) is 5.69 Å². The summed E-state index contributed by atoms with van der Waals surface area (Å²) in [6.45, 7) is 2.09. The lowest BCUT2D eigenvalue weighted by molar-refractivity contribution is 0.694. The van der Waals surface area contributed by atoms with E-state index in [0.717, 1.165) is 28.2 Å². The van der Waals surface area contributed by atoms with Gasteiger partial charge in [0.15, 0.2) is 0 Å². The molecule has 0 bridgehead atoms. The highest BCUT2D eigenvalue weighted by Crippen LogP contribution is 2.30. The van der Waals surface area contributed by atoms with Crippen molar-refractivity contribution in [2.24, 2.45) is 0 Å². The Morgan fingerprint density at radius 3 is 2.79 bits per heavy atom. The van der Waals surface area contributed by atoms with Crippen LogP contribution in [0.25, 0.3) is 5.69 Å². The molecule has 3 rings (SSSR count). The molecule has 100 valence electrons. The van der Waals surface area contributed by atoms with Gasteiger partial charge in [0.05, 0.1) is 11.4 Å². The molecule has 1 aliphatic rings. The summed E-state index contributed by atoms with van der Waals surface area (Å²) in [6, 6.07) is 6.20. The second-order valence-electron chi connectivity index (χ2n) is 5.12. The lowest BCUT2D eigenvalue weighted by Crippen LogP contribution is -2.00. The maximum absolute atomic E-state index is 6.55. The summed E-state index contributed by atoms with van der Waals surface area (Å²) in [5.74, 6) is 0. The van der Waals surface area contributed by atoms with Gasteiger partial charge in [0.2, 0.25) is 0 Å². The minimum Gasteiger partial charge on any atom is -0.221 e. The molecule has 0 N–H and O–H groups in total. The summed E-state index contributed by atoms with van der Waals surface area (Å²) >= 11 is 10.0. The van der Waals surface area contributed by atoms with Crippen LogP contribution in [0.15, 0.2) is 22.7 Å². The van der Waals surface area contributed by atoms with Crippen LogP contribution < -0.4 is 0 Å². The van der Waals surface area contributed by atoms with E-state index in [1.165, 1.54) is 36.1 Å². The van der Waals surface area contributed by atoms with Crippen molar-refractivity contribution in [1.29, 1.82) is 0 Å². The Balaban J connectivity index is 2.11. The fourth-order valence-corrected chi connectivity index (χ4v) is 3.52. The van der Waals surface area contributed by atoms with E-state index in [9.17, 15) is 0 Å². The van der Waals surface area contributed by atoms with E-state index in [0.29, 0.717) is 0 Å². The summed E-state index contributed by atoms with van der Waals surface area (Å²) in [4.78, 5) is 0. The molecule has 0 unspecified atom stereocenters. The van der Waals surface area contributed by atoms with Crippen LogP contribution in [0.4, 0.5) is 0 Å². The van der Waals surface area contributed by atoms with Gasteiger partial charge in [-0.05, 0) is 56.4 Å². The molecule has 0 saturated carbocycles. The second-order valence-corrected chi connectivity index (χ2v) is 6.39. The van der Waals surface area contributed by atoms with Gasteiger partial charge in [0, 0.05) is 10.0 Å². The average molecular weight is 340 g/mol. The summed E-state index contributed by atoms with van der Waals surface area (Å²) in [5, 5.41) is 5.53. The van der Waals surface area contributed by atoms with Gasteiger partial charge < -0.3 is 0 Å². The molecule has 2 aromatic rings. The normalized spacial score (nSPS) is 15.1. The molecule has 0 amide bonds. The largest absolute Gasteiger partial charge is 0.221 e. The molecule has 0 spiro atoms. The van der Waals surface area contributed by atoms with Gasteiger partial charge in [-0.1, -0.05) is 34.0 Å². The predicted octanol–water partition coefficient (Wildman–Crippen LogP) is 4.87. The first kappa shape index (κ1) is 13.2. The fourth-order valence-electron chi connectivity index (χ4n) is 2.71. The zero-order valence-electron chi connectivity index (χ0n) is 10.9. The van der Waals surface area contributed by atoms with Crippen LogP contribution in [0.2, 0.25) is 5.15 Å². The van der Waals surface area contributed by atoms with Gasteiger partial charge >= 0.3 is 0 Å². The van der Waals surface area contributed by atoms with Crippen molar-refractivity contribution in [2.45, 2.75) is 39.0 Å². The van der Waals surface area contributed by atoms with Crippen LogP contribution in [-0.4, -0.2) is 9.78 Å². The van der Waals surface area contributed by atoms with E-state index in [-0.39, 0.29) is 0 Å². The van der Waals surface area contributed by atoms with Crippen molar-refractivity contribution >= 4 is 27.5 Å². The van der Waals surface area contributed by atoms with Crippen molar-refractivity contribution in [2.75, 3.05) is 0 Å². The third-order valence-corrected chi connectivity index (χ3v) is 4.61. The Morgan fingerprint density at radius 2 is 2.00 bits per heavy atom. The Bertz CT molecular complexity index is 619. The molecular formula is C15H16BrClN2. The van der Waals surface area contributed by atoms with Crippen LogP contribution in [0.3, 0.4) is 0 Å². The molecule has 0 fully saturated rings. The molecular weight excluding hydrogens is 324 g/mol. The summed E-state index contributed by atoms with van der Waals surface area (Å²) < 4.78 is 2.98. The second kappa shape index (κ2) is 5.29. The van der Waals surface area contributed by atoms with Crippen LogP contribution in [-0.2, 0) is 12.8 Å². The highest BCUT2D eigenvalue weighted by atomic mass is 79.9. The van der Waals surface area contributed by atoms with Gasteiger partial charge in [-0.2, -0.15) is 5.10 Å². The number of rotatable bonds is 1. The van der Waals surface area contributed by atoms with E-state index in [2.05, 4.69) is 35.0 Å². The predicted molar refractivity (Wildman–Crippen MR) is 82.3 cm³/mol. The number of halogens is 2. The molecule has 1 heterocycles. The Hall–Kier alpha value is -0.800. The molecule has 19 heavy (non-hydrogen) atoms. The zero-order chi connectivity index (χ0) is 13.4. The van der Waals surface area contributed by atoms with Gasteiger partial charge in [-0.3, -0.25) is 0 Å². The van der Waals surface area contributed by atoms with Crippen molar-refractivity contribution in [3.63, 3.8) is 0 Å². The maximum Gasteiger partial charge on any atom is 0.136 e. The highest BCUT2D eigenvalue weighted by Gasteiger charge is 2.19. The highest BCUT2D eigenvalue weighted by molar-refractivity contribution is 9.10. The third kappa shape index (κ3) is 2.46. The SMILES string of the molecule is Cc1cc(Br)ccc1-n1nc2c(c1Cl)CCCCC2. The molecule has 1 aliphatic carbocycles. The summed E-state index contributed by atoms with van der Waals surface area (Å²) in [5.41, 5.74) is 4.68. The molecule has 1 aromatic carbocycles. The lowest BCUT2D eigenvalue weighted by atomic mass is 10.1. The lowest BCUT2D eigenvalue weighted by Gasteiger charge is -2.08. The maximum atomic E-state index is 6.55. The van der Waals surface area contributed by atoms with Crippen LogP contribution >= 0.6 is 27.5 Å². The third-order valence-electron chi connectivity index (χ3n) is 3.73. The van der Waals surface area contributed by atoms with Crippen LogP contribution in [0.1, 0.15) is 36.1 Å². The van der Waals surface area contributed by atoms with Crippen molar-refractivity contribution in [3.05, 3.63) is 44.6 Å². The monoisotopic (exact) mass is 338 g/mol. The van der Waals surface area contributed by atoms with Gasteiger partial charge in [0.1, 0.15) is 5.15 Å². The Labute approximate surface area is 126 Å². The van der Waals surface area contributed by atoms with Crippen molar-refractivity contribution in [1.82, 2.24) is 9.78 Å². The molecule has 0 radical (unpaired) electrons. The topological polar surface area (TPSA) is 17.8 Å². The number of benzene rings is 1. The first-order valence-electron chi connectivity index (χ1n) is 6.69. The molecule has 1 aromatic heterocycles. The number of hydrogen-bond acceptors (Lipinski definition) is 1. The Kier molecular flexibility index (Phi) is 3.68. The fraction of sp³-hybridized carbons (Fsp3) is 0.400. The zero-order valence-corrected chi connectivity index (χ0v) is 13.3. The van der Waals surface area contributed by atoms with Gasteiger partial charge in [-0.25, -0.2) is 4.68 Å². The number of fused-ring (bicyclic) bond motifs is 1. The van der Waals surface area contributed by atoms with E-state index in [1.807, 2.05) is 10.7 Å². The average Bonchev–Trinajstić information content (AvgIpc) is 2.57. The molecule has 0 atom stereocenters. The van der Waals surface area contributed by atoms with E-state index < -0.39 is 0 Å². The number of nitrogens with zero attached hydrogens (tertiary/aromatic N) is 2. The number of hydrogen-bond donors (Lipinski definition) is 0. The number of aromatic nitrogens is 2. The Morgan fingerprint density at radius 1 is 1.21 bits per heavy atom. The van der Waals surface area contributed by atoms with E-state index >= 15 is 0 Å². The first-order valence-corrected chi connectivity index (χ1v) is 7.86. The first-order chi connectivity index (χ1) is 9.16. The van der Waals surface area contributed by atoms with Crippen LogP contribution in [0, 0.1) is 6.92 Å². The van der Waals surface area contributed by atoms with Gasteiger partial charge in [0.25, 0.3) is 0 Å². The molecule has 2 nitrogen and oxygen atoms in total. The van der Waals surface area contributed by atoms with Crippen LogP contribution in [0.5, 0.6) is 0 Å². The molecule has 0 aliphatic heterocycles. The van der Waals surface area contributed by atoms with Crippen molar-refractivity contribution < 1.29 is 0 Å². The number of aryl methyl sites for hydroxylation is 2. The smallest absolute Gasteiger partial charge is 0.136 e. The van der Waals surface area contributed by atoms with Gasteiger partial charge in [-0.15, -0.1) is 0 Å². The summed E-state index contributed by atoms with van der Waals surface area (Å²) in [7, 11) is 0. The van der Waals surface area contributed by atoms with E-state index in [1.54, 1.807) is 0 Å². The standard InChI is InChI=1S/C15H16BrClN2/c1-10-9-11(16)7-8-14(10)19-15(17)12-5-3-2-4-6-13(12)18-19/h7-9H,2-6H2,1H3. The summed E-state index contributed by atoms with van der Waals surface area (Å²) in [6.07, 6.45) is 5.84. The quantitative estimate of drug-likeness (QED) is 0.678. The minimum absolute atomic E-state index is 0.794.